The number of rotatable bonds is 9. The summed E-state index contributed by atoms with van der Waals surface area (Å²) < 4.78 is 0. The van der Waals surface area contributed by atoms with Gasteiger partial charge in [-0.1, -0.05) is 42.8 Å². The second kappa shape index (κ2) is 11.7. The molecule has 1 aromatic heterocycles. The maximum atomic E-state index is 12.6. The Morgan fingerprint density at radius 2 is 1.93 bits per heavy atom. The van der Waals surface area contributed by atoms with E-state index in [9.17, 15) is 34.8 Å². The van der Waals surface area contributed by atoms with Crippen molar-refractivity contribution >= 4 is 34.3 Å². The average molecular weight is 622 g/mol. The minimum atomic E-state index is -1.62. The van der Waals surface area contributed by atoms with E-state index < -0.39 is 54.0 Å². The number of aliphatic carboxylic acids is 1. The van der Waals surface area contributed by atoms with Gasteiger partial charge in [0.15, 0.2) is 12.4 Å². The number of nitrogens with one attached hydrogen (secondary N) is 2. The van der Waals surface area contributed by atoms with E-state index in [1.165, 1.54) is 5.57 Å². The first-order valence-corrected chi connectivity index (χ1v) is 15.9. The number of ketones is 1. The molecule has 0 aliphatic heterocycles. The highest BCUT2D eigenvalue weighted by Gasteiger charge is 2.68. The van der Waals surface area contributed by atoms with Crippen molar-refractivity contribution < 1.29 is 39.6 Å². The Labute approximate surface area is 261 Å². The van der Waals surface area contributed by atoms with E-state index in [1.807, 2.05) is 37.3 Å². The molecule has 4 aliphatic carbocycles. The predicted octanol–water partition coefficient (Wildman–Crippen LogP) is 2.88. The lowest BCUT2D eigenvalue weighted by Gasteiger charge is -2.60. The normalized spacial score (nSPS) is 35.6. The Hall–Kier alpha value is -3.54. The number of aliphatic hydroxyl groups excluding tert-OH is 2. The highest BCUT2D eigenvalue weighted by atomic mass is 16.6. The maximum absolute atomic E-state index is 12.6. The standard InChI is InChI=1S/C34H43N3O8/c1-32-11-9-21(37-45-18-29(41)36-26(31(42)43)13-19-16-35-25-6-4-3-5-22(19)25)14-20(32)7-8-23-24-10-12-34(44,28(40)17-38)33(24,2)15-27(39)30(23)32/h3-6,14,16,23-24,26-27,30,35,38-39,44H,7-13,15,17-18H2,1-2H3,(H,36,41)(H,42,43)/b37-21-/t23-,24-,26-,27+,30+,32+,33+,34+/m1/s1. The molecule has 6 rings (SSSR count). The molecule has 0 unspecified atom stereocenters. The average Bonchev–Trinajstić information content (AvgIpc) is 3.54. The second-order valence-electron chi connectivity index (χ2n) is 14.0. The summed E-state index contributed by atoms with van der Waals surface area (Å²) >= 11 is 0. The number of allylic oxidation sites excluding steroid dienone is 2. The van der Waals surface area contributed by atoms with E-state index >= 15 is 0 Å². The number of Topliss-reactive ketones (excluding diaryl/α,β-unsaturated/α-hetero) is 1. The van der Waals surface area contributed by atoms with Crippen LogP contribution in [0.5, 0.6) is 0 Å². The molecule has 0 saturated heterocycles. The highest BCUT2D eigenvalue weighted by Crippen LogP contribution is 2.67. The van der Waals surface area contributed by atoms with Gasteiger partial charge in [-0.25, -0.2) is 4.79 Å². The molecular formula is C34H43N3O8. The van der Waals surface area contributed by atoms with Crippen LogP contribution in [0.4, 0.5) is 0 Å². The molecule has 45 heavy (non-hydrogen) atoms. The Kier molecular flexibility index (Phi) is 8.16. The smallest absolute Gasteiger partial charge is 0.326 e. The lowest BCUT2D eigenvalue weighted by atomic mass is 9.45. The SMILES string of the molecule is C[C@]12CC/C(=N/OCC(=O)N[C@H](Cc3c[nH]c4ccccc34)C(=O)O)C=C1CC[C@H]1[C@H]2[C@@H](O)C[C@@]2(C)[C@@H]1CC[C@]2(O)C(=O)CO. The van der Waals surface area contributed by atoms with Crippen molar-refractivity contribution in [3.05, 3.63) is 47.7 Å². The molecule has 2 aromatic rings. The Bertz CT molecular complexity index is 1570. The number of benzene rings is 1. The van der Waals surface area contributed by atoms with Gasteiger partial charge < -0.3 is 35.6 Å². The lowest BCUT2D eigenvalue weighted by molar-refractivity contribution is -0.181. The summed E-state index contributed by atoms with van der Waals surface area (Å²) in [5.41, 5.74) is 0.877. The summed E-state index contributed by atoms with van der Waals surface area (Å²) in [6.07, 6.45) is 7.41. The third-order valence-electron chi connectivity index (χ3n) is 11.8. The first-order chi connectivity index (χ1) is 21.4. The molecule has 1 amide bonds. The fourth-order valence-electron chi connectivity index (χ4n) is 9.49. The summed E-state index contributed by atoms with van der Waals surface area (Å²) in [6, 6.07) is 6.45. The summed E-state index contributed by atoms with van der Waals surface area (Å²) in [5.74, 6) is -2.08. The Balaban J connectivity index is 1.09. The van der Waals surface area contributed by atoms with Crippen molar-refractivity contribution in [3.63, 3.8) is 0 Å². The zero-order chi connectivity index (χ0) is 32.1. The zero-order valence-electron chi connectivity index (χ0n) is 25.8. The van der Waals surface area contributed by atoms with E-state index in [-0.39, 0.29) is 29.6 Å². The first kappa shape index (κ1) is 31.4. The van der Waals surface area contributed by atoms with Crippen LogP contribution >= 0.6 is 0 Å². The molecule has 8 atom stereocenters. The largest absolute Gasteiger partial charge is 0.480 e. The number of amides is 1. The van der Waals surface area contributed by atoms with Crippen molar-refractivity contribution in [1.82, 2.24) is 10.3 Å². The van der Waals surface area contributed by atoms with Crippen molar-refractivity contribution in [2.45, 2.75) is 83.0 Å². The number of carbonyl (C=O) groups excluding carboxylic acids is 2. The quantitative estimate of drug-likeness (QED) is 0.231. The number of H-pyrrole nitrogens is 1. The van der Waals surface area contributed by atoms with Crippen LogP contribution in [-0.2, 0) is 25.6 Å². The topological polar surface area (TPSA) is 182 Å². The summed E-state index contributed by atoms with van der Waals surface area (Å²) in [7, 11) is 0. The van der Waals surface area contributed by atoms with Crippen LogP contribution in [0.1, 0.15) is 64.4 Å². The first-order valence-electron chi connectivity index (χ1n) is 15.9. The van der Waals surface area contributed by atoms with Gasteiger partial charge in [-0.15, -0.1) is 0 Å². The third-order valence-corrected chi connectivity index (χ3v) is 11.8. The van der Waals surface area contributed by atoms with Crippen LogP contribution in [0, 0.1) is 28.6 Å². The monoisotopic (exact) mass is 621 g/mol. The molecule has 242 valence electrons. The predicted molar refractivity (Wildman–Crippen MR) is 165 cm³/mol. The fraction of sp³-hybridized carbons (Fsp3) is 0.588. The van der Waals surface area contributed by atoms with Crippen molar-refractivity contribution in [1.29, 1.82) is 0 Å². The van der Waals surface area contributed by atoms with Gasteiger partial charge in [0.25, 0.3) is 5.91 Å². The number of nitrogens with zero attached hydrogens (tertiary/aromatic N) is 1. The zero-order valence-corrected chi connectivity index (χ0v) is 25.8. The van der Waals surface area contributed by atoms with E-state index in [0.717, 1.165) is 35.7 Å². The van der Waals surface area contributed by atoms with Gasteiger partial charge in [-0.2, -0.15) is 0 Å². The van der Waals surface area contributed by atoms with Crippen LogP contribution in [0.15, 0.2) is 47.3 Å². The number of aromatic amines is 1. The van der Waals surface area contributed by atoms with Gasteiger partial charge >= 0.3 is 5.97 Å². The minimum Gasteiger partial charge on any atom is -0.480 e. The molecule has 1 aromatic carbocycles. The highest BCUT2D eigenvalue weighted by molar-refractivity contribution is 5.96. The molecule has 1 heterocycles. The molecule has 11 heteroatoms. The van der Waals surface area contributed by atoms with Crippen LogP contribution in [0.3, 0.4) is 0 Å². The number of carboxylic acid groups (broad SMARTS) is 1. The summed E-state index contributed by atoms with van der Waals surface area (Å²) in [4.78, 5) is 45.7. The number of carboxylic acids is 1. The van der Waals surface area contributed by atoms with Crippen LogP contribution in [0.2, 0.25) is 0 Å². The van der Waals surface area contributed by atoms with Gasteiger partial charge in [-0.05, 0) is 85.8 Å². The number of para-hydroxylation sites is 1. The van der Waals surface area contributed by atoms with E-state index in [0.29, 0.717) is 31.4 Å². The molecular weight excluding hydrogens is 578 g/mol. The number of aromatic nitrogens is 1. The third kappa shape index (κ3) is 5.18. The maximum Gasteiger partial charge on any atom is 0.326 e. The van der Waals surface area contributed by atoms with Gasteiger partial charge in [0.2, 0.25) is 0 Å². The molecule has 11 nitrogen and oxygen atoms in total. The van der Waals surface area contributed by atoms with Crippen molar-refractivity contribution in [2.75, 3.05) is 13.2 Å². The molecule has 0 spiro atoms. The number of oxime groups is 1. The Morgan fingerprint density at radius 3 is 2.69 bits per heavy atom. The van der Waals surface area contributed by atoms with Gasteiger partial charge in [-0.3, -0.25) is 9.59 Å². The van der Waals surface area contributed by atoms with Crippen LogP contribution in [-0.4, -0.2) is 79.7 Å². The molecule has 0 radical (unpaired) electrons. The van der Waals surface area contributed by atoms with Gasteiger partial charge in [0, 0.05) is 28.9 Å². The van der Waals surface area contributed by atoms with E-state index in [2.05, 4.69) is 22.4 Å². The van der Waals surface area contributed by atoms with Crippen molar-refractivity contribution in [3.8, 4) is 0 Å². The van der Waals surface area contributed by atoms with Gasteiger partial charge in [0.1, 0.15) is 18.2 Å². The minimum absolute atomic E-state index is 0.0273. The number of hydrogen-bond acceptors (Lipinski definition) is 8. The number of aliphatic hydroxyl groups is 3. The van der Waals surface area contributed by atoms with E-state index in [4.69, 9.17) is 4.84 Å². The van der Waals surface area contributed by atoms with Crippen molar-refractivity contribution in [2.24, 2.45) is 33.7 Å². The number of fused-ring (bicyclic) bond motifs is 6. The summed E-state index contributed by atoms with van der Waals surface area (Å²) in [5, 5.41) is 49.9. The fourth-order valence-corrected chi connectivity index (χ4v) is 9.49. The molecule has 6 N–H and O–H groups in total. The molecule has 3 fully saturated rings. The second-order valence-corrected chi connectivity index (χ2v) is 14.0. The Morgan fingerprint density at radius 1 is 1.16 bits per heavy atom. The van der Waals surface area contributed by atoms with Gasteiger partial charge in [0.05, 0.1) is 11.8 Å². The summed E-state index contributed by atoms with van der Waals surface area (Å²) in [6.45, 7) is 2.98. The molecule has 4 aliphatic rings. The van der Waals surface area contributed by atoms with Crippen LogP contribution < -0.4 is 5.32 Å². The number of hydrogen-bond donors (Lipinski definition) is 6. The molecule has 3 saturated carbocycles. The number of carbonyl (C=O) groups is 3. The van der Waals surface area contributed by atoms with E-state index in [1.54, 1.807) is 6.20 Å². The molecule has 0 bridgehead atoms. The van der Waals surface area contributed by atoms with Crippen LogP contribution in [0.25, 0.3) is 10.9 Å². The lowest BCUT2D eigenvalue weighted by Crippen LogP contribution is -2.62.